The highest BCUT2D eigenvalue weighted by Crippen LogP contribution is 2.34. The Morgan fingerprint density at radius 1 is 1.42 bits per heavy atom. The lowest BCUT2D eigenvalue weighted by Crippen LogP contribution is -2.38. The van der Waals surface area contributed by atoms with Crippen molar-refractivity contribution < 1.29 is 14.1 Å². The zero-order valence-electron chi connectivity index (χ0n) is 13.7. The van der Waals surface area contributed by atoms with Crippen LogP contribution in [0.4, 0.5) is 0 Å². The molecule has 1 fully saturated rings. The number of carbonyl (C=O) groups is 1. The van der Waals surface area contributed by atoms with E-state index in [4.69, 9.17) is 20.9 Å². The van der Waals surface area contributed by atoms with Crippen LogP contribution in [-0.2, 0) is 16.1 Å². The molecule has 0 saturated heterocycles. The molecular formula is C17H20ClN3O3. The Morgan fingerprint density at radius 2 is 2.12 bits per heavy atom. The molecule has 128 valence electrons. The maximum Gasteiger partial charge on any atom is 0.252 e. The Morgan fingerprint density at radius 3 is 2.71 bits per heavy atom. The number of carbonyl (C=O) groups excluding carboxylic acids is 1. The third kappa shape index (κ3) is 4.13. The van der Waals surface area contributed by atoms with Gasteiger partial charge in [0.2, 0.25) is 5.91 Å². The molecule has 6 nitrogen and oxygen atoms in total. The van der Waals surface area contributed by atoms with E-state index in [1.807, 2.05) is 36.1 Å². The number of halogens is 1. The molecule has 0 aliphatic heterocycles. The van der Waals surface area contributed by atoms with Crippen molar-refractivity contribution in [1.29, 1.82) is 0 Å². The van der Waals surface area contributed by atoms with Gasteiger partial charge in [0, 0.05) is 11.1 Å². The van der Waals surface area contributed by atoms with Crippen LogP contribution in [0, 0.1) is 6.92 Å². The van der Waals surface area contributed by atoms with Gasteiger partial charge < -0.3 is 14.2 Å². The number of amides is 1. The van der Waals surface area contributed by atoms with Gasteiger partial charge in [-0.2, -0.15) is 4.98 Å². The second-order valence-corrected chi connectivity index (χ2v) is 6.42. The van der Waals surface area contributed by atoms with E-state index in [2.05, 4.69) is 10.1 Å². The quantitative estimate of drug-likeness (QED) is 0.767. The summed E-state index contributed by atoms with van der Waals surface area (Å²) in [5.74, 6) is 0.899. The second-order valence-electron chi connectivity index (χ2n) is 5.99. The van der Waals surface area contributed by atoms with Crippen LogP contribution in [0.5, 0.6) is 0 Å². The van der Waals surface area contributed by atoms with E-state index in [0.717, 1.165) is 18.4 Å². The molecule has 0 bridgehead atoms. The van der Waals surface area contributed by atoms with E-state index in [0.29, 0.717) is 16.7 Å². The minimum Gasteiger partial charge on any atom is -0.362 e. The van der Waals surface area contributed by atoms with E-state index < -0.39 is 0 Å². The van der Waals surface area contributed by atoms with Crippen LogP contribution in [0.1, 0.15) is 43.1 Å². The van der Waals surface area contributed by atoms with Gasteiger partial charge in [0.05, 0.1) is 6.04 Å². The summed E-state index contributed by atoms with van der Waals surface area (Å²) in [5, 5.41) is 4.38. The first-order valence-corrected chi connectivity index (χ1v) is 8.36. The molecule has 1 heterocycles. The smallest absolute Gasteiger partial charge is 0.252 e. The fourth-order valence-electron chi connectivity index (χ4n) is 2.69. The van der Waals surface area contributed by atoms with Gasteiger partial charge in [-0.15, -0.1) is 0 Å². The predicted molar refractivity (Wildman–Crippen MR) is 88.4 cm³/mol. The minimum atomic E-state index is -0.0313. The maximum absolute atomic E-state index is 12.6. The number of nitrogens with zero attached hydrogens (tertiary/aromatic N) is 3. The third-order valence-corrected chi connectivity index (χ3v) is 4.27. The topological polar surface area (TPSA) is 68.5 Å². The Balaban J connectivity index is 1.60. The lowest BCUT2D eigenvalue weighted by atomic mass is 10.1. The summed E-state index contributed by atoms with van der Waals surface area (Å²) in [6.45, 7) is 3.90. The average molecular weight is 350 g/mol. The molecule has 1 aromatic carbocycles. The molecule has 24 heavy (non-hydrogen) atoms. The first kappa shape index (κ1) is 16.9. The van der Waals surface area contributed by atoms with Crippen molar-refractivity contribution in [3.63, 3.8) is 0 Å². The van der Waals surface area contributed by atoms with Crippen LogP contribution in [0.3, 0.4) is 0 Å². The highest BCUT2D eigenvalue weighted by molar-refractivity contribution is 6.30. The molecule has 1 atom stereocenters. The van der Waals surface area contributed by atoms with Gasteiger partial charge in [0.1, 0.15) is 13.2 Å². The highest BCUT2D eigenvalue weighted by atomic mass is 35.5. The van der Waals surface area contributed by atoms with E-state index in [9.17, 15) is 4.79 Å². The van der Waals surface area contributed by atoms with E-state index in [1.165, 1.54) is 0 Å². The summed E-state index contributed by atoms with van der Waals surface area (Å²) >= 11 is 5.94. The first-order chi connectivity index (χ1) is 11.5. The van der Waals surface area contributed by atoms with Crippen LogP contribution in [-0.4, -0.2) is 33.6 Å². The normalized spacial score (nSPS) is 15.3. The lowest BCUT2D eigenvalue weighted by molar-refractivity contribution is -0.139. The minimum absolute atomic E-state index is 0.00411. The number of hydrogen-bond donors (Lipinski definition) is 0. The SMILES string of the molecule is Cc1noc(COCC(=O)N(C2CC2)[C@H](C)c2ccc(Cl)cc2)n1. The largest absolute Gasteiger partial charge is 0.362 e. The van der Waals surface area contributed by atoms with E-state index >= 15 is 0 Å². The fraction of sp³-hybridized carbons (Fsp3) is 0.471. The molecule has 1 aliphatic rings. The monoisotopic (exact) mass is 349 g/mol. The summed E-state index contributed by atoms with van der Waals surface area (Å²) < 4.78 is 10.4. The summed E-state index contributed by atoms with van der Waals surface area (Å²) in [4.78, 5) is 18.6. The van der Waals surface area contributed by atoms with Crippen molar-refractivity contribution in [1.82, 2.24) is 15.0 Å². The molecule has 0 radical (unpaired) electrons. The molecular weight excluding hydrogens is 330 g/mol. The molecule has 7 heteroatoms. The van der Waals surface area contributed by atoms with Gasteiger partial charge in [0.15, 0.2) is 5.82 Å². The van der Waals surface area contributed by atoms with Crippen molar-refractivity contribution in [3.05, 3.63) is 46.6 Å². The van der Waals surface area contributed by atoms with Gasteiger partial charge in [0.25, 0.3) is 5.89 Å². The fourth-order valence-corrected chi connectivity index (χ4v) is 2.82. The Kier molecular flexibility index (Phi) is 5.16. The molecule has 1 amide bonds. The lowest BCUT2D eigenvalue weighted by Gasteiger charge is -2.29. The first-order valence-electron chi connectivity index (χ1n) is 7.98. The zero-order chi connectivity index (χ0) is 17.1. The molecule has 1 aliphatic carbocycles. The van der Waals surface area contributed by atoms with Crippen molar-refractivity contribution in [3.8, 4) is 0 Å². The van der Waals surface area contributed by atoms with Gasteiger partial charge in [-0.05, 0) is 44.4 Å². The van der Waals surface area contributed by atoms with Crippen molar-refractivity contribution in [2.45, 2.75) is 45.4 Å². The predicted octanol–water partition coefficient (Wildman–Crippen LogP) is 3.30. The number of hydrogen-bond acceptors (Lipinski definition) is 5. The number of rotatable bonds is 7. The Bertz CT molecular complexity index is 697. The number of aromatic nitrogens is 2. The average Bonchev–Trinajstić information content (AvgIpc) is 3.30. The third-order valence-electron chi connectivity index (χ3n) is 4.02. The Labute approximate surface area is 145 Å². The standard InChI is InChI=1S/C17H20ClN3O3/c1-11(13-3-5-14(18)6-4-13)21(15-7-8-15)17(22)10-23-9-16-19-12(2)20-24-16/h3-6,11,15H,7-10H2,1-2H3/t11-/m1/s1. The molecule has 0 N–H and O–H groups in total. The molecule has 1 aromatic heterocycles. The molecule has 0 unspecified atom stereocenters. The summed E-state index contributed by atoms with van der Waals surface area (Å²) in [6.07, 6.45) is 2.07. The molecule has 0 spiro atoms. The van der Waals surface area contributed by atoms with Gasteiger partial charge >= 0.3 is 0 Å². The second kappa shape index (κ2) is 7.32. The number of benzene rings is 1. The van der Waals surface area contributed by atoms with E-state index in [1.54, 1.807) is 6.92 Å². The molecule has 2 aromatic rings. The highest BCUT2D eigenvalue weighted by Gasteiger charge is 2.36. The van der Waals surface area contributed by atoms with Gasteiger partial charge in [-0.1, -0.05) is 28.9 Å². The summed E-state index contributed by atoms with van der Waals surface area (Å²) in [5.41, 5.74) is 1.06. The maximum atomic E-state index is 12.6. The van der Waals surface area contributed by atoms with Gasteiger partial charge in [-0.25, -0.2) is 0 Å². The van der Waals surface area contributed by atoms with Crippen molar-refractivity contribution in [2.24, 2.45) is 0 Å². The van der Waals surface area contributed by atoms with E-state index in [-0.39, 0.29) is 31.2 Å². The number of aryl methyl sites for hydroxylation is 1. The number of ether oxygens (including phenoxy) is 1. The van der Waals surface area contributed by atoms with Crippen LogP contribution in [0.25, 0.3) is 0 Å². The molecule has 1 saturated carbocycles. The van der Waals surface area contributed by atoms with Crippen LogP contribution >= 0.6 is 11.6 Å². The van der Waals surface area contributed by atoms with Crippen molar-refractivity contribution >= 4 is 17.5 Å². The van der Waals surface area contributed by atoms with Crippen LogP contribution in [0.15, 0.2) is 28.8 Å². The Hall–Kier alpha value is -1.92. The summed E-state index contributed by atoms with van der Waals surface area (Å²) in [6, 6.07) is 7.87. The van der Waals surface area contributed by atoms with Crippen LogP contribution < -0.4 is 0 Å². The zero-order valence-corrected chi connectivity index (χ0v) is 14.5. The molecule has 3 rings (SSSR count). The van der Waals surface area contributed by atoms with Crippen molar-refractivity contribution in [2.75, 3.05) is 6.61 Å². The van der Waals surface area contributed by atoms with Gasteiger partial charge in [-0.3, -0.25) is 4.79 Å². The summed E-state index contributed by atoms with van der Waals surface area (Å²) in [7, 11) is 0. The van der Waals surface area contributed by atoms with Crippen LogP contribution in [0.2, 0.25) is 5.02 Å².